The number of likely N-dealkylation sites (tertiary alicyclic amines) is 1. The number of aromatic nitrogens is 2. The molecule has 0 radical (unpaired) electrons. The van der Waals surface area contributed by atoms with Crippen LogP contribution in [-0.2, 0) is 0 Å². The van der Waals surface area contributed by atoms with Crippen LogP contribution in [0.15, 0.2) is 35.3 Å². The van der Waals surface area contributed by atoms with Crippen LogP contribution >= 0.6 is 11.3 Å². The molecule has 1 amide bonds. The largest absolute Gasteiger partial charge is 0.496 e. The Kier molecular flexibility index (Phi) is 4.59. The van der Waals surface area contributed by atoms with E-state index in [0.717, 1.165) is 47.2 Å². The van der Waals surface area contributed by atoms with E-state index in [2.05, 4.69) is 18.0 Å². The molecule has 3 aromatic rings. The Morgan fingerprint density at radius 2 is 2.23 bits per heavy atom. The first kappa shape index (κ1) is 17.0. The minimum absolute atomic E-state index is 0.0228. The van der Waals surface area contributed by atoms with Crippen molar-refractivity contribution in [1.29, 1.82) is 0 Å². The number of rotatable bonds is 3. The number of methoxy groups -OCH3 is 1. The number of ether oxygens (including phenoxy) is 1. The zero-order chi connectivity index (χ0) is 18.1. The van der Waals surface area contributed by atoms with Crippen molar-refractivity contribution in [2.24, 2.45) is 0 Å². The Balaban J connectivity index is 1.62. The first-order chi connectivity index (χ1) is 12.7. The number of fused-ring (bicyclic) bond motifs is 1. The second-order valence-corrected chi connectivity index (χ2v) is 7.41. The number of benzene rings is 1. The summed E-state index contributed by atoms with van der Waals surface area (Å²) in [7, 11) is 1.69. The van der Waals surface area contributed by atoms with E-state index >= 15 is 0 Å². The van der Waals surface area contributed by atoms with E-state index in [0.29, 0.717) is 12.2 Å². The lowest BCUT2D eigenvalue weighted by atomic mass is 9.92. The van der Waals surface area contributed by atoms with Gasteiger partial charge in [0.15, 0.2) is 0 Å². The van der Waals surface area contributed by atoms with Gasteiger partial charge < -0.3 is 9.64 Å². The van der Waals surface area contributed by atoms with E-state index in [1.807, 2.05) is 28.6 Å². The fraction of sp³-hybridized carbons (Fsp3) is 0.350. The molecule has 1 fully saturated rings. The van der Waals surface area contributed by atoms with Crippen molar-refractivity contribution >= 4 is 28.0 Å². The smallest absolute Gasteiger partial charge is 0.273 e. The fourth-order valence-corrected chi connectivity index (χ4v) is 4.22. The lowest BCUT2D eigenvalue weighted by molar-refractivity contribution is 0.0701. The minimum atomic E-state index is 0.0228. The van der Waals surface area contributed by atoms with E-state index in [1.54, 1.807) is 12.6 Å². The Morgan fingerprint density at radius 1 is 1.35 bits per heavy atom. The van der Waals surface area contributed by atoms with Gasteiger partial charge in [-0.2, -0.15) is 0 Å². The Hall–Kier alpha value is -2.47. The molecule has 5 nitrogen and oxygen atoms in total. The summed E-state index contributed by atoms with van der Waals surface area (Å²) in [6.45, 7) is 3.55. The highest BCUT2D eigenvalue weighted by atomic mass is 32.1. The summed E-state index contributed by atoms with van der Waals surface area (Å²) in [6.07, 6.45) is 3.96. The van der Waals surface area contributed by atoms with Crippen molar-refractivity contribution in [3.05, 3.63) is 52.2 Å². The highest BCUT2D eigenvalue weighted by Gasteiger charge is 2.27. The van der Waals surface area contributed by atoms with Gasteiger partial charge in [0, 0.05) is 41.7 Å². The topological polar surface area (TPSA) is 55.3 Å². The third kappa shape index (κ3) is 3.05. The van der Waals surface area contributed by atoms with Crippen LogP contribution in [0, 0.1) is 6.92 Å². The first-order valence-electron chi connectivity index (χ1n) is 8.78. The third-order valence-electron chi connectivity index (χ3n) is 5.14. The number of hydrogen-bond acceptors (Lipinski definition) is 5. The predicted octanol–water partition coefficient (Wildman–Crippen LogP) is 4.03. The molecule has 0 saturated carbocycles. The molecule has 1 aliphatic heterocycles. The van der Waals surface area contributed by atoms with E-state index in [4.69, 9.17) is 9.72 Å². The van der Waals surface area contributed by atoms with Gasteiger partial charge in [-0.15, -0.1) is 11.3 Å². The normalized spacial score (nSPS) is 17.5. The number of nitrogens with zero attached hydrogens (tertiary/aromatic N) is 3. The zero-order valence-corrected chi connectivity index (χ0v) is 15.8. The highest BCUT2D eigenvalue weighted by molar-refractivity contribution is 7.07. The van der Waals surface area contributed by atoms with E-state index in [-0.39, 0.29) is 11.8 Å². The zero-order valence-electron chi connectivity index (χ0n) is 14.9. The molecule has 26 heavy (non-hydrogen) atoms. The van der Waals surface area contributed by atoms with Crippen molar-refractivity contribution in [3.63, 3.8) is 0 Å². The molecule has 4 rings (SSSR count). The van der Waals surface area contributed by atoms with Crippen molar-refractivity contribution < 1.29 is 9.53 Å². The summed E-state index contributed by atoms with van der Waals surface area (Å²) in [5.41, 5.74) is 4.42. The molecular weight excluding hydrogens is 346 g/mol. The van der Waals surface area contributed by atoms with Gasteiger partial charge in [-0.05, 0) is 48.9 Å². The monoisotopic (exact) mass is 367 g/mol. The van der Waals surface area contributed by atoms with Gasteiger partial charge in [0.05, 0.1) is 12.6 Å². The number of carbonyl (C=O) groups excluding carboxylic acids is 1. The van der Waals surface area contributed by atoms with Gasteiger partial charge in [-0.25, -0.2) is 4.98 Å². The molecule has 0 N–H and O–H groups in total. The SMILES string of the molecule is COc1ccc2cnc(C3CCCN(C(=O)c4cscn4)C3)cc2c1C. The number of pyridine rings is 1. The summed E-state index contributed by atoms with van der Waals surface area (Å²) in [5, 5.41) is 4.09. The quantitative estimate of drug-likeness (QED) is 0.701. The molecule has 1 saturated heterocycles. The Morgan fingerprint density at radius 3 is 3.00 bits per heavy atom. The maximum atomic E-state index is 12.6. The van der Waals surface area contributed by atoms with Crippen molar-refractivity contribution in [2.45, 2.75) is 25.7 Å². The van der Waals surface area contributed by atoms with Crippen LogP contribution in [0.3, 0.4) is 0 Å². The summed E-state index contributed by atoms with van der Waals surface area (Å²) >= 11 is 1.45. The summed E-state index contributed by atoms with van der Waals surface area (Å²) in [4.78, 5) is 23.4. The summed E-state index contributed by atoms with van der Waals surface area (Å²) in [5.74, 6) is 1.16. The van der Waals surface area contributed by atoms with Crippen LogP contribution in [0.2, 0.25) is 0 Å². The average Bonchev–Trinajstić information content (AvgIpc) is 3.22. The van der Waals surface area contributed by atoms with Crippen molar-refractivity contribution in [1.82, 2.24) is 14.9 Å². The number of thiazole rings is 1. The van der Waals surface area contributed by atoms with Gasteiger partial charge in [0.1, 0.15) is 11.4 Å². The van der Waals surface area contributed by atoms with Gasteiger partial charge in [0.2, 0.25) is 0 Å². The second kappa shape index (κ2) is 7.03. The molecule has 3 heterocycles. The molecule has 0 bridgehead atoms. The molecule has 0 aliphatic carbocycles. The average molecular weight is 367 g/mol. The Labute approximate surface area is 156 Å². The van der Waals surface area contributed by atoms with Crippen LogP contribution in [0.1, 0.15) is 40.5 Å². The standard InChI is InChI=1S/C20H21N3O2S/c1-13-16-8-17(21-9-14(16)5-6-19(13)25-2)15-4-3-7-23(10-15)20(24)18-11-26-12-22-18/h5-6,8-9,11-12,15H,3-4,7,10H2,1-2H3. The number of piperidine rings is 1. The predicted molar refractivity (Wildman–Crippen MR) is 103 cm³/mol. The van der Waals surface area contributed by atoms with Gasteiger partial charge >= 0.3 is 0 Å². The van der Waals surface area contributed by atoms with Crippen molar-refractivity contribution in [3.8, 4) is 5.75 Å². The lowest BCUT2D eigenvalue weighted by Gasteiger charge is -2.32. The summed E-state index contributed by atoms with van der Waals surface area (Å²) < 4.78 is 5.45. The van der Waals surface area contributed by atoms with Crippen LogP contribution in [0.25, 0.3) is 10.8 Å². The molecule has 6 heteroatoms. The molecule has 1 aliphatic rings. The Bertz CT molecular complexity index is 940. The van der Waals surface area contributed by atoms with E-state index in [1.165, 1.54) is 11.3 Å². The second-order valence-electron chi connectivity index (χ2n) is 6.69. The minimum Gasteiger partial charge on any atom is -0.496 e. The van der Waals surface area contributed by atoms with Gasteiger partial charge in [-0.3, -0.25) is 9.78 Å². The van der Waals surface area contributed by atoms with E-state index in [9.17, 15) is 4.79 Å². The maximum absolute atomic E-state index is 12.6. The molecule has 1 atom stereocenters. The molecule has 134 valence electrons. The summed E-state index contributed by atoms with van der Waals surface area (Å²) in [6, 6.07) is 6.18. The van der Waals surface area contributed by atoms with Gasteiger partial charge in [0.25, 0.3) is 5.91 Å². The van der Waals surface area contributed by atoms with Crippen molar-refractivity contribution in [2.75, 3.05) is 20.2 Å². The number of carbonyl (C=O) groups is 1. The number of hydrogen-bond donors (Lipinski definition) is 0. The lowest BCUT2D eigenvalue weighted by Crippen LogP contribution is -2.39. The third-order valence-corrected chi connectivity index (χ3v) is 5.73. The highest BCUT2D eigenvalue weighted by Crippen LogP contribution is 2.32. The maximum Gasteiger partial charge on any atom is 0.273 e. The van der Waals surface area contributed by atoms with Crippen LogP contribution in [0.5, 0.6) is 5.75 Å². The van der Waals surface area contributed by atoms with Crippen LogP contribution in [0.4, 0.5) is 0 Å². The molecular formula is C20H21N3O2S. The fourth-order valence-electron chi connectivity index (χ4n) is 3.69. The van der Waals surface area contributed by atoms with Crippen LogP contribution in [-0.4, -0.2) is 41.0 Å². The molecule has 0 spiro atoms. The molecule has 1 aromatic carbocycles. The van der Waals surface area contributed by atoms with E-state index < -0.39 is 0 Å². The molecule has 1 unspecified atom stereocenters. The number of aryl methyl sites for hydroxylation is 1. The molecule has 2 aromatic heterocycles. The number of amides is 1. The first-order valence-corrected chi connectivity index (χ1v) is 9.72. The van der Waals surface area contributed by atoms with Crippen LogP contribution < -0.4 is 4.74 Å². The van der Waals surface area contributed by atoms with Gasteiger partial charge in [-0.1, -0.05) is 0 Å².